The van der Waals surface area contributed by atoms with Gasteiger partial charge in [-0.3, -0.25) is 4.79 Å². The van der Waals surface area contributed by atoms with Crippen LogP contribution in [0.15, 0.2) is 34.5 Å². The Labute approximate surface area is 119 Å². The van der Waals surface area contributed by atoms with Gasteiger partial charge in [0.1, 0.15) is 5.75 Å². The third-order valence-electron chi connectivity index (χ3n) is 2.23. The second-order valence-electron chi connectivity index (χ2n) is 3.47. The van der Waals surface area contributed by atoms with Crippen LogP contribution in [0.25, 0.3) is 0 Å². The number of methoxy groups -OCH3 is 1. The van der Waals surface area contributed by atoms with Gasteiger partial charge >= 0.3 is 0 Å². The summed E-state index contributed by atoms with van der Waals surface area (Å²) in [7, 11) is 1.56. The molecule has 1 amide bonds. The van der Waals surface area contributed by atoms with Gasteiger partial charge in [0.15, 0.2) is 0 Å². The molecule has 0 aliphatic carbocycles. The number of amides is 1. The average Bonchev–Trinajstić information content (AvgIpc) is 2.79. The number of hydrogen-bond acceptors (Lipinski definition) is 4. The summed E-state index contributed by atoms with van der Waals surface area (Å²) < 4.78 is 5.08. The summed E-state index contributed by atoms with van der Waals surface area (Å²) in [6.45, 7) is 0. The zero-order valence-electron chi connectivity index (χ0n) is 9.44. The summed E-state index contributed by atoms with van der Waals surface area (Å²) in [5.74, 6) is 0.422. The van der Waals surface area contributed by atoms with Crippen molar-refractivity contribution in [3.63, 3.8) is 0 Å². The first-order chi connectivity index (χ1) is 8.60. The number of anilines is 1. The fourth-order valence-corrected chi connectivity index (χ4v) is 2.56. The molecule has 0 atom stereocenters. The van der Waals surface area contributed by atoms with Crippen molar-refractivity contribution >= 4 is 47.2 Å². The van der Waals surface area contributed by atoms with Gasteiger partial charge in [-0.2, -0.15) is 0 Å². The standard InChI is InChI=1S/C12H10ClNO2S2/c1-16-7-2-3-9(13)10(4-7)14-12(15)11-5-8(17)6-18-11/h2-6,17H,1H3,(H,14,15). The highest BCUT2D eigenvalue weighted by atomic mass is 35.5. The highest BCUT2D eigenvalue weighted by Crippen LogP contribution is 2.28. The summed E-state index contributed by atoms with van der Waals surface area (Å²) in [5.41, 5.74) is 0.523. The van der Waals surface area contributed by atoms with Gasteiger partial charge in [-0.1, -0.05) is 11.6 Å². The molecule has 2 aromatic rings. The predicted octanol–water partition coefficient (Wildman–Crippen LogP) is 3.95. The number of ether oxygens (including phenoxy) is 1. The van der Waals surface area contributed by atoms with Crippen LogP contribution < -0.4 is 10.1 Å². The van der Waals surface area contributed by atoms with Crippen LogP contribution in [-0.2, 0) is 0 Å². The lowest BCUT2D eigenvalue weighted by Crippen LogP contribution is -2.10. The Morgan fingerprint density at radius 3 is 2.83 bits per heavy atom. The molecule has 0 spiro atoms. The lowest BCUT2D eigenvalue weighted by atomic mass is 10.3. The molecular formula is C12H10ClNO2S2. The molecule has 1 heterocycles. The molecular weight excluding hydrogens is 290 g/mol. The van der Waals surface area contributed by atoms with E-state index >= 15 is 0 Å². The van der Waals surface area contributed by atoms with Gasteiger partial charge in [0.05, 0.1) is 22.7 Å². The van der Waals surface area contributed by atoms with Gasteiger partial charge in [-0.25, -0.2) is 0 Å². The number of hydrogen-bond donors (Lipinski definition) is 2. The first-order valence-electron chi connectivity index (χ1n) is 5.02. The molecule has 1 N–H and O–H groups in total. The van der Waals surface area contributed by atoms with Crippen molar-refractivity contribution in [1.29, 1.82) is 0 Å². The fourth-order valence-electron chi connectivity index (χ4n) is 1.36. The largest absolute Gasteiger partial charge is 0.497 e. The molecule has 0 aliphatic rings. The maximum absolute atomic E-state index is 11.9. The van der Waals surface area contributed by atoms with Crippen LogP contribution in [0.1, 0.15) is 9.67 Å². The van der Waals surface area contributed by atoms with E-state index in [4.69, 9.17) is 16.3 Å². The maximum Gasteiger partial charge on any atom is 0.265 e. The second-order valence-corrected chi connectivity index (χ2v) is 5.30. The number of benzene rings is 1. The van der Waals surface area contributed by atoms with Gasteiger partial charge in [0, 0.05) is 16.3 Å². The molecule has 1 aromatic carbocycles. The smallest absolute Gasteiger partial charge is 0.265 e. The van der Waals surface area contributed by atoms with Gasteiger partial charge < -0.3 is 10.1 Å². The zero-order valence-corrected chi connectivity index (χ0v) is 11.9. The molecule has 6 heteroatoms. The van der Waals surface area contributed by atoms with Crippen LogP contribution in [0, 0.1) is 0 Å². The summed E-state index contributed by atoms with van der Waals surface area (Å²) in [5, 5.41) is 5.00. The van der Waals surface area contributed by atoms with E-state index in [1.807, 2.05) is 0 Å². The molecule has 0 fully saturated rings. The van der Waals surface area contributed by atoms with Crippen molar-refractivity contribution in [2.75, 3.05) is 12.4 Å². The van der Waals surface area contributed by atoms with Crippen LogP contribution in [0.2, 0.25) is 5.02 Å². The first-order valence-corrected chi connectivity index (χ1v) is 6.73. The maximum atomic E-state index is 11.9. The molecule has 0 saturated carbocycles. The second kappa shape index (κ2) is 5.65. The number of carbonyl (C=O) groups excluding carboxylic acids is 1. The Bertz CT molecular complexity index is 583. The predicted molar refractivity (Wildman–Crippen MR) is 77.5 cm³/mol. The number of carbonyl (C=O) groups is 1. The van der Waals surface area contributed by atoms with Crippen molar-refractivity contribution < 1.29 is 9.53 Å². The third-order valence-corrected chi connectivity index (χ3v) is 3.92. The van der Waals surface area contributed by atoms with Gasteiger partial charge in [-0.05, 0) is 18.2 Å². The number of thiophene rings is 1. The van der Waals surface area contributed by atoms with Crippen LogP contribution in [0.5, 0.6) is 5.75 Å². The van der Waals surface area contributed by atoms with Gasteiger partial charge in [0.25, 0.3) is 5.91 Å². The SMILES string of the molecule is COc1ccc(Cl)c(NC(=O)c2cc(S)cs2)c1. The molecule has 0 aliphatic heterocycles. The fraction of sp³-hybridized carbons (Fsp3) is 0.0833. The third kappa shape index (κ3) is 2.98. The Morgan fingerprint density at radius 1 is 1.44 bits per heavy atom. The van der Waals surface area contributed by atoms with Crippen LogP contribution in [0.4, 0.5) is 5.69 Å². The minimum atomic E-state index is -0.213. The molecule has 94 valence electrons. The lowest BCUT2D eigenvalue weighted by Gasteiger charge is -2.08. The molecule has 1 aromatic heterocycles. The average molecular weight is 300 g/mol. The zero-order chi connectivity index (χ0) is 13.1. The van der Waals surface area contributed by atoms with E-state index in [2.05, 4.69) is 17.9 Å². The van der Waals surface area contributed by atoms with E-state index in [0.717, 1.165) is 4.90 Å². The molecule has 0 unspecified atom stereocenters. The highest BCUT2D eigenvalue weighted by molar-refractivity contribution is 7.80. The summed E-state index contributed by atoms with van der Waals surface area (Å²) in [6.07, 6.45) is 0. The Balaban J connectivity index is 2.21. The molecule has 0 saturated heterocycles. The Kier molecular flexibility index (Phi) is 4.16. The van der Waals surface area contributed by atoms with Crippen molar-refractivity contribution in [1.82, 2.24) is 0 Å². The van der Waals surface area contributed by atoms with E-state index in [9.17, 15) is 4.79 Å². The van der Waals surface area contributed by atoms with Gasteiger partial charge in [0.2, 0.25) is 0 Å². The number of halogens is 1. The monoisotopic (exact) mass is 299 g/mol. The molecule has 2 rings (SSSR count). The summed E-state index contributed by atoms with van der Waals surface area (Å²) >= 11 is 11.5. The van der Waals surface area contributed by atoms with E-state index in [1.165, 1.54) is 11.3 Å². The van der Waals surface area contributed by atoms with Crippen LogP contribution >= 0.6 is 35.6 Å². The Hall–Kier alpha value is -1.17. The highest BCUT2D eigenvalue weighted by Gasteiger charge is 2.11. The molecule has 0 bridgehead atoms. The first kappa shape index (κ1) is 13.3. The van der Waals surface area contributed by atoms with Crippen molar-refractivity contribution in [2.45, 2.75) is 4.90 Å². The topological polar surface area (TPSA) is 38.3 Å². The lowest BCUT2D eigenvalue weighted by molar-refractivity contribution is 0.103. The number of thiol groups is 1. The van der Waals surface area contributed by atoms with Crippen LogP contribution in [0.3, 0.4) is 0 Å². The Morgan fingerprint density at radius 2 is 2.22 bits per heavy atom. The molecule has 0 radical (unpaired) electrons. The molecule has 18 heavy (non-hydrogen) atoms. The van der Waals surface area contributed by atoms with Crippen LogP contribution in [-0.4, -0.2) is 13.0 Å². The van der Waals surface area contributed by atoms with E-state index in [-0.39, 0.29) is 5.91 Å². The quantitative estimate of drug-likeness (QED) is 0.842. The van der Waals surface area contributed by atoms with E-state index in [0.29, 0.717) is 21.3 Å². The normalized spacial score (nSPS) is 10.2. The molecule has 3 nitrogen and oxygen atoms in total. The summed E-state index contributed by atoms with van der Waals surface area (Å²) in [6, 6.07) is 6.79. The van der Waals surface area contributed by atoms with Crippen molar-refractivity contribution in [3.05, 3.63) is 39.5 Å². The minimum absolute atomic E-state index is 0.213. The van der Waals surface area contributed by atoms with Crippen molar-refractivity contribution in [2.24, 2.45) is 0 Å². The van der Waals surface area contributed by atoms with E-state index < -0.39 is 0 Å². The summed E-state index contributed by atoms with van der Waals surface area (Å²) in [4.78, 5) is 13.3. The minimum Gasteiger partial charge on any atom is -0.497 e. The van der Waals surface area contributed by atoms with E-state index in [1.54, 1.807) is 36.8 Å². The number of nitrogens with one attached hydrogen (secondary N) is 1. The van der Waals surface area contributed by atoms with Gasteiger partial charge in [-0.15, -0.1) is 24.0 Å². The number of rotatable bonds is 3. The van der Waals surface area contributed by atoms with Crippen molar-refractivity contribution in [3.8, 4) is 5.75 Å².